The summed E-state index contributed by atoms with van der Waals surface area (Å²) in [5.41, 5.74) is 0.780. The number of nitrogens with one attached hydrogen (secondary N) is 1. The second kappa shape index (κ2) is 6.88. The van der Waals surface area contributed by atoms with E-state index in [0.717, 1.165) is 10.2 Å². The van der Waals surface area contributed by atoms with Crippen molar-refractivity contribution >= 4 is 11.7 Å². The van der Waals surface area contributed by atoms with Crippen LogP contribution in [-0.2, 0) is 4.74 Å². The lowest BCUT2D eigenvalue weighted by molar-refractivity contribution is -0.173. The number of nitrogens with zero attached hydrogens (tertiary/aromatic N) is 3. The number of carbonyl (C=O) groups is 1. The molecule has 6 nitrogen and oxygen atoms in total. The quantitative estimate of drug-likeness (QED) is 0.870. The number of ether oxygens (including phenoxy) is 1. The highest BCUT2D eigenvalue weighted by atomic mass is 19.4. The molecular weight excluding hydrogens is 361 g/mol. The lowest BCUT2D eigenvalue weighted by Crippen LogP contribution is -2.41. The Bertz CT molecular complexity index is 816. The van der Waals surface area contributed by atoms with Crippen LogP contribution in [0.5, 0.6) is 0 Å². The lowest BCUT2D eigenvalue weighted by atomic mass is 9.97. The summed E-state index contributed by atoms with van der Waals surface area (Å²) in [6, 6.07) is 8.09. The summed E-state index contributed by atoms with van der Waals surface area (Å²) in [7, 11) is 0. The molecule has 2 atom stereocenters. The van der Waals surface area contributed by atoms with Crippen molar-refractivity contribution in [3.05, 3.63) is 47.7 Å². The van der Waals surface area contributed by atoms with E-state index in [2.05, 4.69) is 10.4 Å². The molecule has 3 heterocycles. The fourth-order valence-electron chi connectivity index (χ4n) is 3.51. The van der Waals surface area contributed by atoms with Gasteiger partial charge in [-0.05, 0) is 5.56 Å². The van der Waals surface area contributed by atoms with Crippen LogP contribution in [0.25, 0.3) is 0 Å². The summed E-state index contributed by atoms with van der Waals surface area (Å²) < 4.78 is 47.1. The highest BCUT2D eigenvalue weighted by molar-refractivity contribution is 5.93. The van der Waals surface area contributed by atoms with E-state index < -0.39 is 18.3 Å². The average molecular weight is 380 g/mol. The van der Waals surface area contributed by atoms with Gasteiger partial charge in [-0.3, -0.25) is 4.79 Å². The van der Waals surface area contributed by atoms with Gasteiger partial charge in [-0.2, -0.15) is 18.3 Å². The van der Waals surface area contributed by atoms with Crippen molar-refractivity contribution in [2.75, 3.05) is 31.6 Å². The molecule has 2 unspecified atom stereocenters. The van der Waals surface area contributed by atoms with E-state index in [1.165, 1.54) is 6.07 Å². The summed E-state index contributed by atoms with van der Waals surface area (Å²) in [5, 5.41) is 7.10. The van der Waals surface area contributed by atoms with Crippen molar-refractivity contribution in [3.8, 4) is 0 Å². The van der Waals surface area contributed by atoms with Crippen LogP contribution in [0.15, 0.2) is 36.4 Å². The Kier molecular flexibility index (Phi) is 4.55. The average Bonchev–Trinajstić information content (AvgIpc) is 3.11. The number of morpholine rings is 1. The third-order valence-electron chi connectivity index (χ3n) is 4.91. The first-order valence-corrected chi connectivity index (χ1v) is 8.78. The maximum Gasteiger partial charge on any atom is 0.410 e. The topological polar surface area (TPSA) is 59.4 Å². The van der Waals surface area contributed by atoms with Gasteiger partial charge in [-0.25, -0.2) is 4.68 Å². The van der Waals surface area contributed by atoms with Crippen LogP contribution in [0.4, 0.5) is 19.0 Å². The Morgan fingerprint density at radius 1 is 1.19 bits per heavy atom. The second-order valence-corrected chi connectivity index (χ2v) is 6.66. The van der Waals surface area contributed by atoms with Crippen molar-refractivity contribution < 1.29 is 22.7 Å². The van der Waals surface area contributed by atoms with Gasteiger partial charge < -0.3 is 15.0 Å². The Hall–Kier alpha value is -2.55. The summed E-state index contributed by atoms with van der Waals surface area (Å²) in [5.74, 6) is -0.173. The van der Waals surface area contributed by atoms with E-state index in [4.69, 9.17) is 4.74 Å². The molecular formula is C18H19F3N4O2. The normalized spacial score (nSPS) is 22.9. The number of aromatic nitrogens is 2. The SMILES string of the molecule is O=C(c1cc2n(n1)C(C(F)(F)F)CC(c1ccccc1)N2)N1CCOCC1. The molecule has 0 aliphatic carbocycles. The number of benzene rings is 1. The molecule has 2 aromatic rings. The van der Waals surface area contributed by atoms with Crippen molar-refractivity contribution in [2.24, 2.45) is 0 Å². The van der Waals surface area contributed by atoms with Crippen LogP contribution >= 0.6 is 0 Å². The van der Waals surface area contributed by atoms with Gasteiger partial charge in [-0.15, -0.1) is 0 Å². The number of hydrogen-bond acceptors (Lipinski definition) is 4. The molecule has 4 rings (SSSR count). The molecule has 144 valence electrons. The maximum absolute atomic E-state index is 13.7. The van der Waals surface area contributed by atoms with Gasteiger partial charge in [0.25, 0.3) is 5.91 Å². The highest BCUT2D eigenvalue weighted by Gasteiger charge is 2.47. The predicted octanol–water partition coefficient (Wildman–Crippen LogP) is 3.02. The van der Waals surface area contributed by atoms with E-state index in [-0.39, 0.29) is 23.8 Å². The lowest BCUT2D eigenvalue weighted by Gasteiger charge is -2.33. The Morgan fingerprint density at radius 2 is 1.89 bits per heavy atom. The molecule has 2 aliphatic heterocycles. The van der Waals surface area contributed by atoms with Gasteiger partial charge >= 0.3 is 6.18 Å². The smallest absolute Gasteiger partial charge is 0.378 e. The van der Waals surface area contributed by atoms with E-state index in [0.29, 0.717) is 26.3 Å². The van der Waals surface area contributed by atoms with Crippen LogP contribution in [0.3, 0.4) is 0 Å². The number of rotatable bonds is 2. The first kappa shape index (κ1) is 17.8. The molecule has 2 aliphatic rings. The number of amides is 1. The largest absolute Gasteiger partial charge is 0.410 e. The van der Waals surface area contributed by atoms with E-state index in [1.807, 2.05) is 6.07 Å². The Labute approximate surface area is 153 Å². The Balaban J connectivity index is 1.66. The molecule has 1 amide bonds. The molecule has 1 aromatic carbocycles. The zero-order valence-electron chi connectivity index (χ0n) is 14.4. The van der Waals surface area contributed by atoms with Crippen LogP contribution < -0.4 is 5.32 Å². The Morgan fingerprint density at radius 3 is 2.56 bits per heavy atom. The molecule has 1 N–H and O–H groups in total. The summed E-state index contributed by atoms with van der Waals surface area (Å²) in [6.45, 7) is 1.64. The van der Waals surface area contributed by atoms with Gasteiger partial charge in [-0.1, -0.05) is 30.3 Å². The molecule has 0 bridgehead atoms. The number of carbonyl (C=O) groups excluding carboxylic acids is 1. The van der Waals surface area contributed by atoms with Crippen molar-refractivity contribution in [1.29, 1.82) is 0 Å². The molecule has 0 radical (unpaired) electrons. The highest BCUT2D eigenvalue weighted by Crippen LogP contribution is 2.43. The standard InChI is InChI=1S/C18H19F3N4O2/c19-18(20,21)15-10-13(12-4-2-1-3-5-12)22-16-11-14(23-25(15)16)17(26)24-6-8-27-9-7-24/h1-5,11,13,15,22H,6-10H2. The second-order valence-electron chi connectivity index (χ2n) is 6.66. The zero-order chi connectivity index (χ0) is 19.0. The van der Waals surface area contributed by atoms with Gasteiger partial charge in [0.1, 0.15) is 5.82 Å². The molecule has 1 aromatic heterocycles. The minimum Gasteiger partial charge on any atom is -0.378 e. The molecule has 0 saturated carbocycles. The number of hydrogen-bond donors (Lipinski definition) is 1. The minimum atomic E-state index is -4.46. The van der Waals surface area contributed by atoms with Crippen molar-refractivity contribution in [2.45, 2.75) is 24.7 Å². The first-order valence-electron chi connectivity index (χ1n) is 8.78. The van der Waals surface area contributed by atoms with Crippen LogP contribution in [0.1, 0.15) is 34.6 Å². The van der Waals surface area contributed by atoms with Gasteiger partial charge in [0.2, 0.25) is 0 Å². The third kappa shape index (κ3) is 3.51. The first-order chi connectivity index (χ1) is 12.9. The zero-order valence-corrected chi connectivity index (χ0v) is 14.4. The molecule has 1 saturated heterocycles. The van der Waals surface area contributed by atoms with Crippen molar-refractivity contribution in [3.63, 3.8) is 0 Å². The van der Waals surface area contributed by atoms with Gasteiger partial charge in [0, 0.05) is 25.6 Å². The number of fused-ring (bicyclic) bond motifs is 1. The molecule has 1 fully saturated rings. The maximum atomic E-state index is 13.7. The van der Waals surface area contributed by atoms with Gasteiger partial charge in [0.05, 0.1) is 19.3 Å². The number of alkyl halides is 3. The predicted molar refractivity (Wildman–Crippen MR) is 91.5 cm³/mol. The molecule has 9 heteroatoms. The summed E-state index contributed by atoms with van der Waals surface area (Å²) in [6.07, 6.45) is -4.65. The summed E-state index contributed by atoms with van der Waals surface area (Å²) in [4.78, 5) is 14.2. The summed E-state index contributed by atoms with van der Waals surface area (Å²) >= 11 is 0. The van der Waals surface area contributed by atoms with Crippen molar-refractivity contribution in [1.82, 2.24) is 14.7 Å². The molecule has 0 spiro atoms. The molecule has 27 heavy (non-hydrogen) atoms. The third-order valence-corrected chi connectivity index (χ3v) is 4.91. The van der Waals surface area contributed by atoms with E-state index >= 15 is 0 Å². The monoisotopic (exact) mass is 380 g/mol. The van der Waals surface area contributed by atoms with Crippen LogP contribution in [0.2, 0.25) is 0 Å². The van der Waals surface area contributed by atoms with E-state index in [9.17, 15) is 18.0 Å². The minimum absolute atomic E-state index is 0.0161. The van der Waals surface area contributed by atoms with E-state index in [1.54, 1.807) is 29.2 Å². The fourth-order valence-corrected chi connectivity index (χ4v) is 3.51. The number of anilines is 1. The van der Waals surface area contributed by atoms with Crippen LogP contribution in [-0.4, -0.2) is 53.1 Å². The number of halogens is 3. The fraction of sp³-hybridized carbons (Fsp3) is 0.444. The van der Waals surface area contributed by atoms with Crippen LogP contribution in [0, 0.1) is 0 Å². The van der Waals surface area contributed by atoms with Gasteiger partial charge in [0.15, 0.2) is 11.7 Å².